The molecule has 0 spiro atoms. The largest absolute Gasteiger partial charge is 0.484 e. The molecule has 0 fully saturated rings. The van der Waals surface area contributed by atoms with Crippen molar-refractivity contribution in [1.82, 2.24) is 5.32 Å². The molecule has 0 aromatic heterocycles. The summed E-state index contributed by atoms with van der Waals surface area (Å²) in [5.41, 5.74) is 2.88. The van der Waals surface area contributed by atoms with E-state index in [9.17, 15) is 13.2 Å². The van der Waals surface area contributed by atoms with Crippen molar-refractivity contribution < 1.29 is 17.9 Å². The van der Waals surface area contributed by atoms with Crippen LogP contribution >= 0.6 is 0 Å². The summed E-state index contributed by atoms with van der Waals surface area (Å²) in [6.07, 6.45) is 1.14. The van der Waals surface area contributed by atoms with Gasteiger partial charge in [0.05, 0.1) is 18.0 Å². The number of rotatable bonds is 7. The van der Waals surface area contributed by atoms with E-state index in [2.05, 4.69) is 38.2 Å². The molecule has 0 radical (unpaired) electrons. The molecule has 1 atom stereocenters. The number of carbonyl (C=O) groups excluding carboxylic acids is 1. The normalized spacial score (nSPS) is 12.9. The number of nitrogens with one attached hydrogen (secondary N) is 1. The molecule has 0 aliphatic rings. The molecule has 0 bridgehead atoms. The number of hydrogen-bond donors (Lipinski definition) is 1. The van der Waals surface area contributed by atoms with Crippen LogP contribution in [0.4, 0.5) is 5.69 Å². The van der Waals surface area contributed by atoms with Crippen molar-refractivity contribution in [3.05, 3.63) is 59.7 Å². The second-order valence-electron chi connectivity index (χ2n) is 8.17. The maximum Gasteiger partial charge on any atom is 0.258 e. The van der Waals surface area contributed by atoms with Crippen molar-refractivity contribution >= 4 is 21.6 Å². The van der Waals surface area contributed by atoms with Crippen LogP contribution in [0.2, 0.25) is 0 Å². The zero-order chi connectivity index (χ0) is 21.8. The van der Waals surface area contributed by atoms with Crippen LogP contribution in [-0.4, -0.2) is 34.2 Å². The lowest BCUT2D eigenvalue weighted by atomic mass is 9.86. The number of carbonyl (C=O) groups is 1. The Morgan fingerprint density at radius 3 is 2.10 bits per heavy atom. The first-order valence-electron chi connectivity index (χ1n) is 9.44. The highest BCUT2D eigenvalue weighted by atomic mass is 32.2. The molecule has 1 N–H and O–H groups in total. The van der Waals surface area contributed by atoms with Gasteiger partial charge in [0, 0.05) is 7.05 Å². The first-order chi connectivity index (χ1) is 13.4. The van der Waals surface area contributed by atoms with Gasteiger partial charge in [0.2, 0.25) is 10.0 Å². The van der Waals surface area contributed by atoms with E-state index in [-0.39, 0.29) is 24.0 Å². The van der Waals surface area contributed by atoms with Crippen LogP contribution < -0.4 is 14.4 Å². The molecule has 0 heterocycles. The molecule has 1 amide bonds. The molecule has 2 aromatic rings. The third kappa shape index (κ3) is 6.49. The zero-order valence-corrected chi connectivity index (χ0v) is 18.7. The van der Waals surface area contributed by atoms with Crippen molar-refractivity contribution in [1.29, 1.82) is 0 Å². The van der Waals surface area contributed by atoms with Gasteiger partial charge in [-0.1, -0.05) is 45.0 Å². The minimum atomic E-state index is -3.32. The van der Waals surface area contributed by atoms with Crippen LogP contribution in [0.1, 0.15) is 44.9 Å². The van der Waals surface area contributed by atoms with E-state index >= 15 is 0 Å². The van der Waals surface area contributed by atoms with Gasteiger partial charge in [-0.05, 0) is 47.7 Å². The fourth-order valence-corrected chi connectivity index (χ4v) is 3.24. The molecule has 6 nitrogen and oxygen atoms in total. The molecule has 29 heavy (non-hydrogen) atoms. The SMILES string of the molecule is C[C@@H](NC(=O)COc1ccc(N(C)S(C)(=O)=O)cc1)c1ccc(C(C)(C)C)cc1. The van der Waals surface area contributed by atoms with Crippen LogP contribution in [-0.2, 0) is 20.2 Å². The van der Waals surface area contributed by atoms with Crippen molar-refractivity contribution in [2.24, 2.45) is 0 Å². The Balaban J connectivity index is 1.89. The van der Waals surface area contributed by atoms with Gasteiger partial charge in [-0.15, -0.1) is 0 Å². The monoisotopic (exact) mass is 418 g/mol. The predicted molar refractivity (Wildman–Crippen MR) is 117 cm³/mol. The van der Waals surface area contributed by atoms with E-state index in [1.165, 1.54) is 16.9 Å². The first kappa shape index (κ1) is 22.7. The third-order valence-corrected chi connectivity index (χ3v) is 5.93. The molecule has 0 saturated heterocycles. The number of ether oxygens (including phenoxy) is 1. The Morgan fingerprint density at radius 1 is 1.07 bits per heavy atom. The zero-order valence-electron chi connectivity index (χ0n) is 17.9. The molecule has 0 aliphatic heterocycles. The Labute approximate surface area is 173 Å². The summed E-state index contributed by atoms with van der Waals surface area (Å²) in [5.74, 6) is 0.266. The minimum Gasteiger partial charge on any atom is -0.484 e. The fourth-order valence-electron chi connectivity index (χ4n) is 2.73. The fraction of sp³-hybridized carbons (Fsp3) is 0.409. The Morgan fingerprint density at radius 2 is 1.62 bits per heavy atom. The van der Waals surface area contributed by atoms with Gasteiger partial charge >= 0.3 is 0 Å². The van der Waals surface area contributed by atoms with Gasteiger partial charge in [0.15, 0.2) is 6.61 Å². The van der Waals surface area contributed by atoms with Gasteiger partial charge in [-0.3, -0.25) is 9.10 Å². The summed E-state index contributed by atoms with van der Waals surface area (Å²) < 4.78 is 29.8. The molecule has 158 valence electrons. The lowest BCUT2D eigenvalue weighted by molar-refractivity contribution is -0.123. The minimum absolute atomic E-state index is 0.0878. The van der Waals surface area contributed by atoms with Crippen LogP contribution in [0.5, 0.6) is 5.75 Å². The molecular formula is C22H30N2O4S. The van der Waals surface area contributed by atoms with Gasteiger partial charge in [-0.25, -0.2) is 8.42 Å². The van der Waals surface area contributed by atoms with Crippen LogP contribution in [0, 0.1) is 0 Å². The topological polar surface area (TPSA) is 75.7 Å². The standard InChI is InChI=1S/C22H30N2O4S/c1-16(17-7-9-18(10-8-17)22(2,3)4)23-21(25)15-28-20-13-11-19(12-14-20)24(5)29(6,26)27/h7-14,16H,15H2,1-6H3,(H,23,25)/t16-/m1/s1. The number of benzene rings is 2. The highest BCUT2D eigenvalue weighted by Crippen LogP contribution is 2.24. The summed E-state index contributed by atoms with van der Waals surface area (Å²) in [6, 6.07) is 14.6. The second kappa shape index (κ2) is 8.86. The molecule has 0 aliphatic carbocycles. The number of hydrogen-bond acceptors (Lipinski definition) is 4. The second-order valence-corrected chi connectivity index (χ2v) is 10.2. The van der Waals surface area contributed by atoms with Crippen LogP contribution in [0.15, 0.2) is 48.5 Å². The van der Waals surface area contributed by atoms with E-state index in [1.54, 1.807) is 24.3 Å². The molecule has 2 rings (SSSR count). The maximum absolute atomic E-state index is 12.2. The lowest BCUT2D eigenvalue weighted by Gasteiger charge is -2.21. The molecular weight excluding hydrogens is 388 g/mol. The average molecular weight is 419 g/mol. The molecule has 7 heteroatoms. The van der Waals surface area contributed by atoms with E-state index < -0.39 is 10.0 Å². The summed E-state index contributed by atoms with van der Waals surface area (Å²) in [6.45, 7) is 8.30. The highest BCUT2D eigenvalue weighted by molar-refractivity contribution is 7.92. The first-order valence-corrected chi connectivity index (χ1v) is 11.3. The molecule has 0 unspecified atom stereocenters. The van der Waals surface area contributed by atoms with E-state index in [4.69, 9.17) is 4.74 Å². The van der Waals surface area contributed by atoms with Gasteiger partial charge in [-0.2, -0.15) is 0 Å². The molecule has 0 saturated carbocycles. The number of sulfonamides is 1. The van der Waals surface area contributed by atoms with Crippen molar-refractivity contribution in [3.63, 3.8) is 0 Å². The van der Waals surface area contributed by atoms with E-state index in [0.29, 0.717) is 11.4 Å². The Hall–Kier alpha value is -2.54. The van der Waals surface area contributed by atoms with Crippen LogP contribution in [0.3, 0.4) is 0 Å². The summed E-state index contributed by atoms with van der Waals surface area (Å²) in [7, 11) is -1.84. The van der Waals surface area contributed by atoms with Gasteiger partial charge in [0.25, 0.3) is 5.91 Å². The number of anilines is 1. The van der Waals surface area contributed by atoms with E-state index in [0.717, 1.165) is 11.8 Å². The Kier molecular flexibility index (Phi) is 6.95. The van der Waals surface area contributed by atoms with Crippen molar-refractivity contribution in [3.8, 4) is 5.75 Å². The molecule has 2 aromatic carbocycles. The van der Waals surface area contributed by atoms with Crippen molar-refractivity contribution in [2.75, 3.05) is 24.2 Å². The van der Waals surface area contributed by atoms with E-state index in [1.807, 2.05) is 19.1 Å². The summed E-state index contributed by atoms with van der Waals surface area (Å²) in [5, 5.41) is 2.92. The third-order valence-electron chi connectivity index (χ3n) is 4.72. The maximum atomic E-state index is 12.2. The quantitative estimate of drug-likeness (QED) is 0.745. The smallest absolute Gasteiger partial charge is 0.258 e. The highest BCUT2D eigenvalue weighted by Gasteiger charge is 2.15. The Bertz CT molecular complexity index is 930. The van der Waals surface area contributed by atoms with Crippen LogP contribution in [0.25, 0.3) is 0 Å². The predicted octanol–water partition coefficient (Wildman–Crippen LogP) is 3.64. The number of amides is 1. The number of nitrogens with zero attached hydrogens (tertiary/aromatic N) is 1. The average Bonchev–Trinajstić information content (AvgIpc) is 2.65. The van der Waals surface area contributed by atoms with Gasteiger partial charge < -0.3 is 10.1 Å². The van der Waals surface area contributed by atoms with Crippen molar-refractivity contribution in [2.45, 2.75) is 39.2 Å². The summed E-state index contributed by atoms with van der Waals surface area (Å²) in [4.78, 5) is 12.2. The lowest BCUT2D eigenvalue weighted by Crippen LogP contribution is -2.31. The summed E-state index contributed by atoms with van der Waals surface area (Å²) >= 11 is 0. The van der Waals surface area contributed by atoms with Gasteiger partial charge in [0.1, 0.15) is 5.75 Å².